The van der Waals surface area contributed by atoms with Gasteiger partial charge < -0.3 is 0 Å². The molecule has 0 aliphatic rings. The quantitative estimate of drug-likeness (QED) is 0.642. The first kappa shape index (κ1) is 12.2. The van der Waals surface area contributed by atoms with Crippen molar-refractivity contribution < 1.29 is 0 Å². The highest BCUT2D eigenvalue weighted by atomic mass is 79.9. The van der Waals surface area contributed by atoms with E-state index in [1.54, 1.807) is 0 Å². The number of rotatable bonds is 5. The number of allylic oxidation sites excluding steroid dienone is 2. The maximum atomic E-state index is 3.64. The van der Waals surface area contributed by atoms with Crippen LogP contribution in [-0.4, -0.2) is 0 Å². The first-order valence-corrected chi connectivity index (χ1v) is 5.78. The molecule has 0 radical (unpaired) electrons. The Morgan fingerprint density at radius 1 is 1.33 bits per heavy atom. The Bertz CT molecular complexity index is 138. The van der Waals surface area contributed by atoms with Crippen LogP contribution in [0.15, 0.2) is 10.6 Å². The third kappa shape index (κ3) is 4.30. The average molecular weight is 233 g/mol. The molecule has 2 atom stereocenters. The van der Waals surface area contributed by atoms with Gasteiger partial charge in [-0.05, 0) is 22.7 Å². The van der Waals surface area contributed by atoms with Gasteiger partial charge >= 0.3 is 0 Å². The molecule has 1 heteroatoms. The lowest BCUT2D eigenvalue weighted by Gasteiger charge is -2.18. The molecule has 0 bridgehead atoms. The Morgan fingerprint density at radius 2 is 1.92 bits per heavy atom. The molecule has 0 fully saturated rings. The van der Waals surface area contributed by atoms with Gasteiger partial charge in [-0.25, -0.2) is 0 Å². The minimum atomic E-state index is 0.685. The van der Waals surface area contributed by atoms with E-state index in [0.717, 1.165) is 12.3 Å². The molecule has 0 saturated carbocycles. The third-order valence-electron chi connectivity index (χ3n) is 2.43. The SMILES string of the molecule is CC/C=C(/Br)C(C)C(C)CCC. The molecular weight excluding hydrogens is 212 g/mol. The van der Waals surface area contributed by atoms with Gasteiger partial charge in [0.25, 0.3) is 0 Å². The van der Waals surface area contributed by atoms with Crippen LogP contribution in [0.2, 0.25) is 0 Å². The Labute approximate surface area is 85.6 Å². The highest BCUT2D eigenvalue weighted by molar-refractivity contribution is 9.11. The fourth-order valence-electron chi connectivity index (χ4n) is 1.36. The van der Waals surface area contributed by atoms with E-state index in [2.05, 4.69) is 49.7 Å². The van der Waals surface area contributed by atoms with Gasteiger partial charge in [0, 0.05) is 0 Å². The summed E-state index contributed by atoms with van der Waals surface area (Å²) < 4.78 is 1.38. The normalized spacial score (nSPS) is 17.6. The van der Waals surface area contributed by atoms with Crippen LogP contribution in [-0.2, 0) is 0 Å². The topological polar surface area (TPSA) is 0 Å². The summed E-state index contributed by atoms with van der Waals surface area (Å²) in [5, 5.41) is 0. The monoisotopic (exact) mass is 232 g/mol. The predicted octanol–water partition coefficient (Wildman–Crippen LogP) is 4.75. The van der Waals surface area contributed by atoms with Crippen LogP contribution in [0.25, 0.3) is 0 Å². The maximum absolute atomic E-state index is 3.64. The Morgan fingerprint density at radius 3 is 2.33 bits per heavy atom. The number of hydrogen-bond donors (Lipinski definition) is 0. The summed E-state index contributed by atoms with van der Waals surface area (Å²) in [4.78, 5) is 0. The minimum Gasteiger partial charge on any atom is -0.0744 e. The molecule has 0 aliphatic carbocycles. The average Bonchev–Trinajstić information content (AvgIpc) is 2.04. The predicted molar refractivity (Wildman–Crippen MR) is 60.5 cm³/mol. The summed E-state index contributed by atoms with van der Waals surface area (Å²) in [5.41, 5.74) is 0. The van der Waals surface area contributed by atoms with Crippen LogP contribution in [0.3, 0.4) is 0 Å². The van der Waals surface area contributed by atoms with E-state index in [1.807, 2.05) is 0 Å². The van der Waals surface area contributed by atoms with Crippen molar-refractivity contribution >= 4 is 15.9 Å². The zero-order chi connectivity index (χ0) is 9.56. The molecule has 0 saturated heterocycles. The van der Waals surface area contributed by atoms with Crippen molar-refractivity contribution in [2.75, 3.05) is 0 Å². The van der Waals surface area contributed by atoms with Gasteiger partial charge in [-0.2, -0.15) is 0 Å². The molecule has 0 rings (SSSR count). The summed E-state index contributed by atoms with van der Waals surface area (Å²) >= 11 is 3.64. The van der Waals surface area contributed by atoms with E-state index in [0.29, 0.717) is 5.92 Å². The molecule has 0 aromatic heterocycles. The molecule has 0 N–H and O–H groups in total. The largest absolute Gasteiger partial charge is 0.0744 e. The Kier molecular flexibility index (Phi) is 6.83. The van der Waals surface area contributed by atoms with Gasteiger partial charge in [-0.1, -0.05) is 62.5 Å². The van der Waals surface area contributed by atoms with Crippen molar-refractivity contribution in [2.45, 2.75) is 47.0 Å². The van der Waals surface area contributed by atoms with E-state index in [4.69, 9.17) is 0 Å². The highest BCUT2D eigenvalue weighted by Gasteiger charge is 2.13. The molecule has 0 heterocycles. The van der Waals surface area contributed by atoms with Crippen LogP contribution in [0, 0.1) is 11.8 Å². The summed E-state index contributed by atoms with van der Waals surface area (Å²) in [7, 11) is 0. The van der Waals surface area contributed by atoms with Gasteiger partial charge in [-0.3, -0.25) is 0 Å². The molecule has 0 aromatic rings. The van der Waals surface area contributed by atoms with E-state index in [-0.39, 0.29) is 0 Å². The molecule has 72 valence electrons. The fraction of sp³-hybridized carbons (Fsp3) is 0.818. The second-order valence-electron chi connectivity index (χ2n) is 3.55. The van der Waals surface area contributed by atoms with Gasteiger partial charge in [0.1, 0.15) is 0 Å². The highest BCUT2D eigenvalue weighted by Crippen LogP contribution is 2.28. The van der Waals surface area contributed by atoms with E-state index < -0.39 is 0 Å². The summed E-state index contributed by atoms with van der Waals surface area (Å²) in [6.07, 6.45) is 6.02. The lowest BCUT2D eigenvalue weighted by Crippen LogP contribution is -2.07. The van der Waals surface area contributed by atoms with E-state index in [9.17, 15) is 0 Å². The van der Waals surface area contributed by atoms with E-state index in [1.165, 1.54) is 17.3 Å². The Hall–Kier alpha value is 0.220. The lowest BCUT2D eigenvalue weighted by atomic mass is 9.91. The maximum Gasteiger partial charge on any atom is -0.00584 e. The zero-order valence-electron chi connectivity index (χ0n) is 8.73. The first-order valence-electron chi connectivity index (χ1n) is 4.99. The lowest BCUT2D eigenvalue weighted by molar-refractivity contribution is 0.419. The molecule has 0 spiro atoms. The standard InChI is InChI=1S/C11H21Br/c1-5-7-9(3)10(4)11(12)8-6-2/h8-10H,5-7H2,1-4H3/b11-8+. The minimum absolute atomic E-state index is 0.685. The third-order valence-corrected chi connectivity index (χ3v) is 3.48. The second-order valence-corrected chi connectivity index (χ2v) is 4.47. The molecule has 0 aromatic carbocycles. The molecule has 0 nitrogen and oxygen atoms in total. The fourth-order valence-corrected chi connectivity index (χ4v) is 2.13. The van der Waals surface area contributed by atoms with E-state index >= 15 is 0 Å². The molecule has 0 amide bonds. The number of hydrogen-bond acceptors (Lipinski definition) is 0. The van der Waals surface area contributed by atoms with Crippen molar-refractivity contribution in [2.24, 2.45) is 11.8 Å². The van der Waals surface area contributed by atoms with Gasteiger partial charge in [0.15, 0.2) is 0 Å². The molecule has 12 heavy (non-hydrogen) atoms. The molecule has 2 unspecified atom stereocenters. The summed E-state index contributed by atoms with van der Waals surface area (Å²) in [5.74, 6) is 1.48. The van der Waals surface area contributed by atoms with Crippen LogP contribution in [0.1, 0.15) is 47.0 Å². The van der Waals surface area contributed by atoms with Crippen LogP contribution in [0.5, 0.6) is 0 Å². The molecular formula is C11H21Br. The van der Waals surface area contributed by atoms with Crippen molar-refractivity contribution in [3.05, 3.63) is 10.6 Å². The van der Waals surface area contributed by atoms with Gasteiger partial charge in [0.2, 0.25) is 0 Å². The smallest absolute Gasteiger partial charge is 0.00584 e. The van der Waals surface area contributed by atoms with Gasteiger partial charge in [0.05, 0.1) is 0 Å². The summed E-state index contributed by atoms with van der Waals surface area (Å²) in [6.45, 7) is 9.06. The zero-order valence-corrected chi connectivity index (χ0v) is 10.3. The van der Waals surface area contributed by atoms with Crippen molar-refractivity contribution in [1.29, 1.82) is 0 Å². The molecule has 0 aliphatic heterocycles. The van der Waals surface area contributed by atoms with Crippen LogP contribution < -0.4 is 0 Å². The second kappa shape index (κ2) is 6.71. The van der Waals surface area contributed by atoms with Crippen molar-refractivity contribution in [3.8, 4) is 0 Å². The van der Waals surface area contributed by atoms with Crippen LogP contribution >= 0.6 is 15.9 Å². The number of halogens is 1. The van der Waals surface area contributed by atoms with Crippen molar-refractivity contribution in [3.63, 3.8) is 0 Å². The summed E-state index contributed by atoms with van der Waals surface area (Å²) in [6, 6.07) is 0. The first-order chi connectivity index (χ1) is 5.63. The van der Waals surface area contributed by atoms with Crippen LogP contribution in [0.4, 0.5) is 0 Å². The van der Waals surface area contributed by atoms with Crippen molar-refractivity contribution in [1.82, 2.24) is 0 Å². The van der Waals surface area contributed by atoms with Gasteiger partial charge in [-0.15, -0.1) is 0 Å². The Balaban J connectivity index is 3.99.